The molecule has 7 nitrogen and oxygen atoms in total. The van der Waals surface area contributed by atoms with E-state index in [-0.39, 0.29) is 30.4 Å². The number of rotatable bonds is 9. The monoisotopic (exact) mass is 478 g/mol. The van der Waals surface area contributed by atoms with Crippen molar-refractivity contribution >= 4 is 18.0 Å². The van der Waals surface area contributed by atoms with Gasteiger partial charge in [0, 0.05) is 24.9 Å². The highest BCUT2D eigenvalue weighted by atomic mass is 16.5. The highest BCUT2D eigenvalue weighted by Crippen LogP contribution is 2.44. The van der Waals surface area contributed by atoms with Gasteiger partial charge >= 0.3 is 12.1 Å². The molecular weight excluding hydrogens is 444 g/mol. The van der Waals surface area contributed by atoms with E-state index in [0.717, 1.165) is 12.8 Å². The molecule has 2 aliphatic carbocycles. The molecule has 2 aliphatic rings. The summed E-state index contributed by atoms with van der Waals surface area (Å²) in [5, 5.41) is 15.1. The minimum absolute atomic E-state index is 0.0173. The van der Waals surface area contributed by atoms with Crippen LogP contribution in [-0.2, 0) is 14.3 Å². The van der Waals surface area contributed by atoms with Crippen molar-refractivity contribution in [1.82, 2.24) is 10.6 Å². The molecule has 7 heteroatoms. The SMILES string of the molecule is CC(CCC(=O)NC1CCCCC1C(=O)O)CNC(=O)OCC1c2ccccc2-c2ccccc21. The van der Waals surface area contributed by atoms with Gasteiger partial charge in [0.15, 0.2) is 0 Å². The summed E-state index contributed by atoms with van der Waals surface area (Å²) < 4.78 is 5.57. The number of carboxylic acids is 1. The van der Waals surface area contributed by atoms with Crippen LogP contribution in [0.15, 0.2) is 48.5 Å². The van der Waals surface area contributed by atoms with Gasteiger partial charge in [-0.1, -0.05) is 68.3 Å². The molecule has 0 heterocycles. The van der Waals surface area contributed by atoms with Gasteiger partial charge in [-0.25, -0.2) is 4.79 Å². The second-order valence-electron chi connectivity index (χ2n) is 9.75. The van der Waals surface area contributed by atoms with E-state index >= 15 is 0 Å². The van der Waals surface area contributed by atoms with Gasteiger partial charge in [-0.05, 0) is 47.4 Å². The topological polar surface area (TPSA) is 105 Å². The number of carbonyl (C=O) groups is 3. The molecule has 0 aliphatic heterocycles. The number of hydrogen-bond acceptors (Lipinski definition) is 4. The summed E-state index contributed by atoms with van der Waals surface area (Å²) in [5.74, 6) is -1.36. The number of alkyl carbamates (subject to hydrolysis) is 1. The molecule has 3 unspecified atom stereocenters. The van der Waals surface area contributed by atoms with Gasteiger partial charge in [-0.3, -0.25) is 9.59 Å². The first kappa shape index (κ1) is 24.8. The average molecular weight is 479 g/mol. The number of aliphatic carboxylic acids is 1. The third kappa shape index (κ3) is 6.02. The fourth-order valence-electron chi connectivity index (χ4n) is 5.26. The maximum atomic E-state index is 12.4. The molecular formula is C28H34N2O5. The maximum Gasteiger partial charge on any atom is 0.407 e. The summed E-state index contributed by atoms with van der Waals surface area (Å²) in [6, 6.07) is 16.1. The number of carboxylic acid groups (broad SMARTS) is 1. The number of benzene rings is 2. The van der Waals surface area contributed by atoms with Gasteiger partial charge in [0.2, 0.25) is 5.91 Å². The lowest BCUT2D eigenvalue weighted by atomic mass is 9.84. The average Bonchev–Trinajstić information content (AvgIpc) is 3.19. The third-order valence-corrected chi connectivity index (χ3v) is 7.23. The molecule has 2 aromatic rings. The molecule has 0 aromatic heterocycles. The first-order chi connectivity index (χ1) is 16.9. The lowest BCUT2D eigenvalue weighted by Crippen LogP contribution is -2.45. The van der Waals surface area contributed by atoms with Crippen LogP contribution in [0.5, 0.6) is 0 Å². The molecule has 1 fully saturated rings. The fraction of sp³-hybridized carbons (Fsp3) is 0.464. The summed E-state index contributed by atoms with van der Waals surface area (Å²) >= 11 is 0. The highest BCUT2D eigenvalue weighted by molar-refractivity contribution is 5.79. The summed E-state index contributed by atoms with van der Waals surface area (Å²) in [6.07, 6.45) is 3.59. The van der Waals surface area contributed by atoms with Crippen LogP contribution in [0.25, 0.3) is 11.1 Å². The zero-order chi connectivity index (χ0) is 24.8. The van der Waals surface area contributed by atoms with Gasteiger partial charge < -0.3 is 20.5 Å². The number of carbonyl (C=O) groups excluding carboxylic acids is 2. The maximum absolute atomic E-state index is 12.4. The van der Waals surface area contributed by atoms with E-state index in [1.807, 2.05) is 31.2 Å². The number of ether oxygens (including phenoxy) is 1. The van der Waals surface area contributed by atoms with E-state index in [2.05, 4.69) is 34.9 Å². The smallest absolute Gasteiger partial charge is 0.407 e. The zero-order valence-electron chi connectivity index (χ0n) is 20.2. The molecule has 186 valence electrons. The second-order valence-corrected chi connectivity index (χ2v) is 9.75. The van der Waals surface area contributed by atoms with E-state index in [1.54, 1.807) is 0 Å². The fourth-order valence-corrected chi connectivity index (χ4v) is 5.26. The van der Waals surface area contributed by atoms with Crippen LogP contribution in [-0.4, -0.2) is 42.3 Å². The van der Waals surface area contributed by atoms with Crippen LogP contribution in [0.2, 0.25) is 0 Å². The van der Waals surface area contributed by atoms with E-state index < -0.39 is 18.0 Å². The third-order valence-electron chi connectivity index (χ3n) is 7.23. The van der Waals surface area contributed by atoms with Crippen molar-refractivity contribution in [3.8, 4) is 11.1 Å². The minimum Gasteiger partial charge on any atom is -0.481 e. The van der Waals surface area contributed by atoms with Crippen LogP contribution in [0.4, 0.5) is 4.79 Å². The van der Waals surface area contributed by atoms with Crippen LogP contribution < -0.4 is 10.6 Å². The lowest BCUT2D eigenvalue weighted by molar-refractivity contribution is -0.144. The molecule has 3 N–H and O–H groups in total. The number of nitrogens with one attached hydrogen (secondary N) is 2. The molecule has 35 heavy (non-hydrogen) atoms. The Morgan fingerprint density at radius 1 is 1.00 bits per heavy atom. The van der Waals surface area contributed by atoms with Crippen LogP contribution in [0, 0.1) is 11.8 Å². The minimum atomic E-state index is -0.837. The van der Waals surface area contributed by atoms with Crippen LogP contribution in [0.1, 0.15) is 62.5 Å². The Kier molecular flexibility index (Phi) is 8.06. The standard InChI is InChI=1S/C28H34N2O5/c1-18(14-15-26(31)30-25-13-7-6-12-23(25)27(32)33)16-29-28(34)35-17-24-21-10-4-2-8-19(21)20-9-3-5-11-22(20)24/h2-5,8-11,18,23-25H,6-7,12-17H2,1H3,(H,29,34)(H,30,31)(H,32,33). The predicted molar refractivity (Wildman–Crippen MR) is 133 cm³/mol. The predicted octanol–water partition coefficient (Wildman–Crippen LogP) is 4.70. The molecule has 0 spiro atoms. The van der Waals surface area contributed by atoms with Gasteiger partial charge in [-0.15, -0.1) is 0 Å². The Morgan fingerprint density at radius 3 is 2.29 bits per heavy atom. The Bertz CT molecular complexity index is 1020. The normalized spacial score (nSPS) is 19.8. The summed E-state index contributed by atoms with van der Waals surface area (Å²) in [4.78, 5) is 36.1. The molecule has 0 bridgehead atoms. The van der Waals surface area contributed by atoms with Gasteiger partial charge in [-0.2, -0.15) is 0 Å². The summed E-state index contributed by atoms with van der Waals surface area (Å²) in [5.41, 5.74) is 4.71. The van der Waals surface area contributed by atoms with E-state index in [1.165, 1.54) is 22.3 Å². The van der Waals surface area contributed by atoms with E-state index in [4.69, 9.17) is 4.74 Å². The Morgan fingerprint density at radius 2 is 1.63 bits per heavy atom. The second kappa shape index (κ2) is 11.4. The molecule has 2 amide bonds. The lowest BCUT2D eigenvalue weighted by Gasteiger charge is -2.29. The summed E-state index contributed by atoms with van der Waals surface area (Å²) in [6.45, 7) is 2.64. The van der Waals surface area contributed by atoms with Crippen LogP contribution in [0.3, 0.4) is 0 Å². The van der Waals surface area contributed by atoms with Crippen molar-refractivity contribution in [2.45, 2.75) is 57.4 Å². The van der Waals surface area contributed by atoms with E-state index in [9.17, 15) is 19.5 Å². The molecule has 4 rings (SSSR count). The Hall–Kier alpha value is -3.35. The van der Waals surface area contributed by atoms with Gasteiger partial charge in [0.25, 0.3) is 0 Å². The largest absolute Gasteiger partial charge is 0.481 e. The molecule has 2 aromatic carbocycles. The number of amides is 2. The van der Waals surface area contributed by atoms with Crippen molar-refractivity contribution in [3.63, 3.8) is 0 Å². The molecule has 1 saturated carbocycles. The molecule has 0 saturated heterocycles. The molecule has 0 radical (unpaired) electrons. The highest BCUT2D eigenvalue weighted by Gasteiger charge is 2.32. The van der Waals surface area contributed by atoms with Crippen molar-refractivity contribution in [3.05, 3.63) is 59.7 Å². The number of hydrogen-bond donors (Lipinski definition) is 3. The first-order valence-corrected chi connectivity index (χ1v) is 12.5. The van der Waals surface area contributed by atoms with Crippen molar-refractivity contribution in [2.24, 2.45) is 11.8 Å². The summed E-state index contributed by atoms with van der Waals surface area (Å²) in [7, 11) is 0. The van der Waals surface area contributed by atoms with Gasteiger partial charge in [0.1, 0.15) is 6.61 Å². The van der Waals surface area contributed by atoms with Crippen molar-refractivity contribution in [1.29, 1.82) is 0 Å². The van der Waals surface area contributed by atoms with E-state index in [0.29, 0.717) is 32.2 Å². The zero-order valence-corrected chi connectivity index (χ0v) is 20.2. The van der Waals surface area contributed by atoms with Crippen molar-refractivity contribution in [2.75, 3.05) is 13.2 Å². The van der Waals surface area contributed by atoms with Gasteiger partial charge in [0.05, 0.1) is 5.92 Å². The number of fused-ring (bicyclic) bond motifs is 3. The van der Waals surface area contributed by atoms with Crippen LogP contribution >= 0.6 is 0 Å². The Balaban J connectivity index is 1.19. The quantitative estimate of drug-likeness (QED) is 0.485. The van der Waals surface area contributed by atoms with Crippen molar-refractivity contribution < 1.29 is 24.2 Å². The Labute approximate surface area is 206 Å². The first-order valence-electron chi connectivity index (χ1n) is 12.5. The molecule has 3 atom stereocenters.